The third-order valence-corrected chi connectivity index (χ3v) is 7.11. The Morgan fingerprint density at radius 3 is 2.31 bits per heavy atom. The number of para-hydroxylation sites is 1. The summed E-state index contributed by atoms with van der Waals surface area (Å²) in [6.07, 6.45) is 0.103. The van der Waals surface area contributed by atoms with Crippen LogP contribution in [-0.2, 0) is 10.0 Å². The zero-order valence-electron chi connectivity index (χ0n) is 19.5. The maximum absolute atomic E-state index is 13.3. The van der Waals surface area contributed by atoms with Gasteiger partial charge in [0.25, 0.3) is 0 Å². The maximum atomic E-state index is 13.3. The van der Waals surface area contributed by atoms with Crippen molar-refractivity contribution >= 4 is 16.0 Å². The lowest BCUT2D eigenvalue weighted by atomic mass is 10.2. The smallest absolute Gasteiger partial charge is 0.243 e. The van der Waals surface area contributed by atoms with Crippen LogP contribution in [0, 0.1) is 6.92 Å². The second-order valence-electron chi connectivity index (χ2n) is 7.66. The summed E-state index contributed by atoms with van der Waals surface area (Å²) in [5.74, 6) is 1.84. The number of hydrogen-bond donors (Lipinski definition) is 2. The predicted molar refractivity (Wildman–Crippen MR) is 128 cm³/mol. The Labute approximate surface area is 202 Å². The van der Waals surface area contributed by atoms with Gasteiger partial charge in [0, 0.05) is 6.20 Å². The van der Waals surface area contributed by atoms with Gasteiger partial charge in [-0.15, -0.1) is 10.2 Å². The molecule has 0 spiro atoms. The average molecular weight is 500 g/mol. The molecule has 0 fully saturated rings. The Bertz CT molecular complexity index is 1400. The quantitative estimate of drug-likeness (QED) is 0.355. The molecule has 3 aromatic heterocycles. The van der Waals surface area contributed by atoms with Gasteiger partial charge < -0.3 is 19.0 Å². The molecule has 2 unspecified atom stereocenters. The van der Waals surface area contributed by atoms with Crippen molar-refractivity contribution in [3.63, 3.8) is 0 Å². The molecule has 0 aliphatic rings. The number of aliphatic hydroxyl groups excluding tert-OH is 1. The molecule has 0 aliphatic heterocycles. The fraction of sp³-hybridized carbons (Fsp3) is 0.261. The summed E-state index contributed by atoms with van der Waals surface area (Å²) in [6, 6.07) is 13.5. The largest absolute Gasteiger partial charge is 0.494 e. The number of methoxy groups -OCH3 is 2. The molecule has 35 heavy (non-hydrogen) atoms. The van der Waals surface area contributed by atoms with E-state index >= 15 is 0 Å². The number of aromatic nitrogens is 4. The summed E-state index contributed by atoms with van der Waals surface area (Å²) >= 11 is 0. The molecule has 12 heteroatoms. The third kappa shape index (κ3) is 4.70. The molecular formula is C23H25N5O6S. The number of aryl methyl sites for hydroxylation is 1. The van der Waals surface area contributed by atoms with Crippen LogP contribution in [0.25, 0.3) is 17.3 Å². The molecule has 2 atom stereocenters. The summed E-state index contributed by atoms with van der Waals surface area (Å²) in [5.41, 5.74) is 0.590. The lowest BCUT2D eigenvalue weighted by molar-refractivity contribution is 0.171. The summed E-state index contributed by atoms with van der Waals surface area (Å²) in [5, 5.41) is 17.7. The number of nitrogens with zero attached hydrogens (tertiary/aromatic N) is 4. The molecule has 3 heterocycles. The van der Waals surface area contributed by atoms with Gasteiger partial charge in [0.05, 0.1) is 19.9 Å². The Morgan fingerprint density at radius 2 is 1.74 bits per heavy atom. The lowest BCUT2D eigenvalue weighted by Crippen LogP contribution is -2.32. The molecule has 0 saturated carbocycles. The molecule has 184 valence electrons. The molecule has 2 N–H and O–H groups in total. The zero-order chi connectivity index (χ0) is 25.2. The van der Waals surface area contributed by atoms with Crippen molar-refractivity contribution in [3.8, 4) is 28.8 Å². The van der Waals surface area contributed by atoms with E-state index in [1.54, 1.807) is 55.5 Å². The fourth-order valence-corrected chi connectivity index (χ4v) is 4.56. The molecule has 4 aromatic rings. The highest BCUT2D eigenvalue weighted by molar-refractivity contribution is 7.93. The van der Waals surface area contributed by atoms with Crippen LogP contribution in [0.15, 0.2) is 59.1 Å². The van der Waals surface area contributed by atoms with E-state index in [0.717, 1.165) is 0 Å². The van der Waals surface area contributed by atoms with Crippen LogP contribution in [0.4, 0.5) is 5.95 Å². The minimum absolute atomic E-state index is 0.142. The Morgan fingerprint density at radius 1 is 1.03 bits per heavy atom. The zero-order valence-corrected chi connectivity index (χ0v) is 20.4. The van der Waals surface area contributed by atoms with Crippen molar-refractivity contribution in [2.24, 2.45) is 0 Å². The maximum Gasteiger partial charge on any atom is 0.243 e. The highest BCUT2D eigenvalue weighted by Gasteiger charge is 2.33. The van der Waals surface area contributed by atoms with E-state index in [0.29, 0.717) is 28.7 Å². The van der Waals surface area contributed by atoms with Crippen molar-refractivity contribution in [2.75, 3.05) is 18.9 Å². The van der Waals surface area contributed by atoms with Crippen LogP contribution >= 0.6 is 0 Å². The number of furan rings is 1. The van der Waals surface area contributed by atoms with Gasteiger partial charge in [-0.05, 0) is 50.2 Å². The average Bonchev–Trinajstić information content (AvgIpc) is 3.48. The van der Waals surface area contributed by atoms with Crippen molar-refractivity contribution in [1.82, 2.24) is 19.7 Å². The van der Waals surface area contributed by atoms with E-state index in [4.69, 9.17) is 13.9 Å². The molecular weight excluding hydrogens is 474 g/mol. The van der Waals surface area contributed by atoms with Crippen molar-refractivity contribution in [1.29, 1.82) is 0 Å². The van der Waals surface area contributed by atoms with Crippen molar-refractivity contribution in [3.05, 3.63) is 66.2 Å². The Balaban J connectivity index is 1.83. The van der Waals surface area contributed by atoms with Crippen LogP contribution in [-0.4, -0.2) is 52.7 Å². The first kappa shape index (κ1) is 24.2. The first-order chi connectivity index (χ1) is 16.8. The number of aliphatic hydroxyl groups is 1. The van der Waals surface area contributed by atoms with Crippen LogP contribution in [0.3, 0.4) is 0 Å². The molecule has 4 rings (SSSR count). The lowest BCUT2D eigenvalue weighted by Gasteiger charge is -2.21. The van der Waals surface area contributed by atoms with Gasteiger partial charge >= 0.3 is 0 Å². The highest BCUT2D eigenvalue weighted by atomic mass is 32.2. The SMILES string of the molecule is COc1cccc(OC)c1-n1c(NS(=O)(=O)C(C)C(O)c2ccccn2)nnc1-c1ccc(C)o1. The van der Waals surface area contributed by atoms with E-state index in [-0.39, 0.29) is 17.5 Å². The fourth-order valence-electron chi connectivity index (χ4n) is 3.51. The summed E-state index contributed by atoms with van der Waals surface area (Å²) in [7, 11) is -1.21. The van der Waals surface area contributed by atoms with Gasteiger partial charge in [-0.3, -0.25) is 14.3 Å². The monoisotopic (exact) mass is 499 g/mol. The summed E-state index contributed by atoms with van der Waals surface area (Å²) in [6.45, 7) is 3.15. The van der Waals surface area contributed by atoms with E-state index in [2.05, 4.69) is 19.9 Å². The standard InChI is InChI=1S/C23H25N5O6S/c1-14-11-12-19(34-14)22-25-26-23(28(22)20-17(32-3)9-7-10-18(20)33-4)27-35(30,31)15(2)21(29)16-8-5-6-13-24-16/h5-13,15,21,29H,1-4H3,(H,26,27). The predicted octanol–water partition coefficient (Wildman–Crippen LogP) is 3.11. The molecule has 0 bridgehead atoms. The van der Waals surface area contributed by atoms with E-state index in [9.17, 15) is 13.5 Å². The number of pyridine rings is 1. The van der Waals surface area contributed by atoms with Crippen molar-refractivity contribution in [2.45, 2.75) is 25.2 Å². The Hall–Kier alpha value is -3.90. The number of hydrogen-bond acceptors (Lipinski definition) is 9. The second-order valence-corrected chi connectivity index (χ2v) is 9.69. The van der Waals surface area contributed by atoms with Gasteiger partial charge in [-0.1, -0.05) is 12.1 Å². The van der Waals surface area contributed by atoms with Crippen LogP contribution in [0.2, 0.25) is 0 Å². The number of ether oxygens (including phenoxy) is 2. The minimum Gasteiger partial charge on any atom is -0.494 e. The number of benzene rings is 1. The molecule has 0 radical (unpaired) electrons. The molecule has 0 amide bonds. The minimum atomic E-state index is -4.17. The van der Waals surface area contributed by atoms with Gasteiger partial charge in [0.15, 0.2) is 5.76 Å². The molecule has 1 aromatic carbocycles. The number of nitrogens with one attached hydrogen (secondary N) is 1. The topological polar surface area (TPSA) is 142 Å². The van der Waals surface area contributed by atoms with Gasteiger partial charge in [-0.25, -0.2) is 8.42 Å². The first-order valence-electron chi connectivity index (χ1n) is 10.6. The number of rotatable bonds is 9. The molecule has 0 aliphatic carbocycles. The van der Waals surface area contributed by atoms with E-state index in [1.165, 1.54) is 31.9 Å². The van der Waals surface area contributed by atoms with Gasteiger partial charge in [-0.2, -0.15) is 0 Å². The number of sulfonamides is 1. The molecule has 11 nitrogen and oxygen atoms in total. The first-order valence-corrected chi connectivity index (χ1v) is 12.2. The van der Waals surface area contributed by atoms with E-state index in [1.807, 2.05) is 0 Å². The van der Waals surface area contributed by atoms with Crippen molar-refractivity contribution < 1.29 is 27.4 Å². The highest BCUT2D eigenvalue weighted by Crippen LogP contribution is 2.38. The summed E-state index contributed by atoms with van der Waals surface area (Å²) < 4.78 is 47.3. The van der Waals surface area contributed by atoms with Crippen LogP contribution in [0.5, 0.6) is 11.5 Å². The van der Waals surface area contributed by atoms with Gasteiger partial charge in [0.2, 0.25) is 21.8 Å². The van der Waals surface area contributed by atoms with Crippen LogP contribution in [0.1, 0.15) is 24.5 Å². The van der Waals surface area contributed by atoms with Gasteiger partial charge in [0.1, 0.15) is 34.3 Å². The molecule has 0 saturated heterocycles. The van der Waals surface area contributed by atoms with Crippen LogP contribution < -0.4 is 14.2 Å². The normalized spacial score (nSPS) is 13.3. The number of anilines is 1. The Kier molecular flexibility index (Phi) is 6.76. The second kappa shape index (κ2) is 9.76. The van der Waals surface area contributed by atoms with E-state index < -0.39 is 21.4 Å². The summed E-state index contributed by atoms with van der Waals surface area (Å²) in [4.78, 5) is 4.06. The third-order valence-electron chi connectivity index (χ3n) is 5.41.